The minimum Gasteiger partial charge on any atom is -0.481 e. The van der Waals surface area contributed by atoms with Crippen molar-refractivity contribution in [1.29, 1.82) is 0 Å². The van der Waals surface area contributed by atoms with Gasteiger partial charge in [0.05, 0.1) is 18.1 Å². The molecule has 3 unspecified atom stereocenters. The predicted molar refractivity (Wildman–Crippen MR) is 78.4 cm³/mol. The molecule has 20 heavy (non-hydrogen) atoms. The highest BCUT2D eigenvalue weighted by atomic mass is 16.4. The molecule has 1 aliphatic carbocycles. The van der Waals surface area contributed by atoms with Crippen molar-refractivity contribution >= 4 is 5.97 Å². The number of aliphatic carboxylic acids is 1. The summed E-state index contributed by atoms with van der Waals surface area (Å²) in [4.78, 5) is 10.8. The summed E-state index contributed by atoms with van der Waals surface area (Å²) >= 11 is 0. The third kappa shape index (κ3) is 6.53. The topological polar surface area (TPSA) is 77.8 Å². The molecule has 0 bridgehead atoms. The molecule has 0 aromatic carbocycles. The number of carbonyl (C=O) groups is 1. The van der Waals surface area contributed by atoms with E-state index in [-0.39, 0.29) is 12.3 Å². The van der Waals surface area contributed by atoms with E-state index in [1.165, 1.54) is 0 Å². The van der Waals surface area contributed by atoms with Crippen LogP contribution in [0.3, 0.4) is 0 Å². The van der Waals surface area contributed by atoms with Crippen LogP contribution in [0.4, 0.5) is 0 Å². The maximum absolute atomic E-state index is 10.8. The van der Waals surface area contributed by atoms with Crippen LogP contribution in [0.25, 0.3) is 0 Å². The van der Waals surface area contributed by atoms with Gasteiger partial charge in [0.15, 0.2) is 0 Å². The van der Waals surface area contributed by atoms with Gasteiger partial charge in [-0.25, -0.2) is 0 Å². The molecule has 0 aromatic heterocycles. The lowest BCUT2D eigenvalue weighted by atomic mass is 9.76. The van der Waals surface area contributed by atoms with Crippen molar-refractivity contribution in [2.45, 2.75) is 76.4 Å². The number of aliphatic hydroxyl groups is 2. The van der Waals surface area contributed by atoms with Crippen LogP contribution in [0.2, 0.25) is 0 Å². The summed E-state index contributed by atoms with van der Waals surface area (Å²) in [6.07, 6.45) is 10.1. The van der Waals surface area contributed by atoms with Crippen LogP contribution in [0.1, 0.15) is 64.7 Å². The molecule has 1 rings (SSSR count). The molecule has 0 aromatic rings. The van der Waals surface area contributed by atoms with Gasteiger partial charge in [0.2, 0.25) is 0 Å². The average molecular weight is 284 g/mol. The fourth-order valence-electron chi connectivity index (χ4n) is 2.98. The maximum Gasteiger partial charge on any atom is 0.306 e. The molecule has 3 N–H and O–H groups in total. The first-order valence-corrected chi connectivity index (χ1v) is 7.76. The minimum atomic E-state index is -1.08. The SMILES string of the molecule is CCCCCC(O)/C=C/C1CCCC(O)(CC(=O)O)C1. The Bertz CT molecular complexity index is 326. The molecule has 0 spiro atoms. The summed E-state index contributed by atoms with van der Waals surface area (Å²) in [6.45, 7) is 2.13. The first kappa shape index (κ1) is 17.2. The van der Waals surface area contributed by atoms with Gasteiger partial charge >= 0.3 is 5.97 Å². The van der Waals surface area contributed by atoms with Crippen LogP contribution in [0.5, 0.6) is 0 Å². The molecule has 4 heteroatoms. The number of unbranched alkanes of at least 4 members (excludes halogenated alkanes) is 2. The fourth-order valence-corrected chi connectivity index (χ4v) is 2.98. The Balaban J connectivity index is 2.41. The second-order valence-corrected chi connectivity index (χ2v) is 6.10. The standard InChI is InChI=1S/C16H28O4/c1-2-3-4-7-14(17)9-8-13-6-5-10-16(20,11-13)12-15(18)19/h8-9,13-14,17,20H,2-7,10-12H2,1H3,(H,18,19)/b9-8+. The van der Waals surface area contributed by atoms with Gasteiger partial charge in [0, 0.05) is 0 Å². The van der Waals surface area contributed by atoms with Crippen molar-refractivity contribution in [3.63, 3.8) is 0 Å². The summed E-state index contributed by atoms with van der Waals surface area (Å²) in [5, 5.41) is 28.9. The molecule has 0 amide bonds. The average Bonchev–Trinajstić information content (AvgIpc) is 2.35. The van der Waals surface area contributed by atoms with E-state index in [1.807, 2.05) is 12.2 Å². The normalized spacial score (nSPS) is 28.6. The highest BCUT2D eigenvalue weighted by molar-refractivity contribution is 5.68. The zero-order valence-electron chi connectivity index (χ0n) is 12.4. The third-order valence-corrected chi connectivity index (χ3v) is 4.05. The van der Waals surface area contributed by atoms with Gasteiger partial charge in [-0.3, -0.25) is 4.79 Å². The Morgan fingerprint density at radius 1 is 1.45 bits per heavy atom. The Morgan fingerprint density at radius 3 is 2.85 bits per heavy atom. The molecule has 1 saturated carbocycles. The number of rotatable bonds is 8. The molecular formula is C16H28O4. The van der Waals surface area contributed by atoms with Crippen LogP contribution >= 0.6 is 0 Å². The maximum atomic E-state index is 10.8. The van der Waals surface area contributed by atoms with Crippen molar-refractivity contribution in [3.05, 3.63) is 12.2 Å². The fraction of sp³-hybridized carbons (Fsp3) is 0.812. The van der Waals surface area contributed by atoms with E-state index in [9.17, 15) is 15.0 Å². The van der Waals surface area contributed by atoms with E-state index < -0.39 is 17.7 Å². The van der Waals surface area contributed by atoms with Crippen molar-refractivity contribution in [3.8, 4) is 0 Å². The molecule has 3 atom stereocenters. The zero-order chi connectivity index (χ0) is 15.0. The van der Waals surface area contributed by atoms with Gasteiger partial charge in [0.25, 0.3) is 0 Å². The first-order chi connectivity index (χ1) is 9.45. The van der Waals surface area contributed by atoms with Crippen LogP contribution in [0.15, 0.2) is 12.2 Å². The number of hydrogen-bond acceptors (Lipinski definition) is 3. The van der Waals surface area contributed by atoms with Crippen molar-refractivity contribution in [2.24, 2.45) is 5.92 Å². The van der Waals surface area contributed by atoms with Crippen LogP contribution in [-0.2, 0) is 4.79 Å². The van der Waals surface area contributed by atoms with Crippen LogP contribution < -0.4 is 0 Å². The van der Waals surface area contributed by atoms with Gasteiger partial charge in [-0.05, 0) is 38.0 Å². The summed E-state index contributed by atoms with van der Waals surface area (Å²) in [5.41, 5.74) is -1.08. The van der Waals surface area contributed by atoms with E-state index >= 15 is 0 Å². The number of aliphatic hydroxyl groups excluding tert-OH is 1. The lowest BCUT2D eigenvalue weighted by molar-refractivity contribution is -0.144. The van der Waals surface area contributed by atoms with E-state index in [0.29, 0.717) is 12.8 Å². The quantitative estimate of drug-likeness (QED) is 0.473. The summed E-state index contributed by atoms with van der Waals surface area (Å²) < 4.78 is 0. The van der Waals surface area contributed by atoms with E-state index in [0.717, 1.165) is 38.5 Å². The van der Waals surface area contributed by atoms with Crippen molar-refractivity contribution in [1.82, 2.24) is 0 Å². The molecule has 116 valence electrons. The number of carboxylic acid groups (broad SMARTS) is 1. The molecule has 1 fully saturated rings. The predicted octanol–water partition coefficient (Wildman–Crippen LogP) is 2.88. The smallest absolute Gasteiger partial charge is 0.306 e. The van der Waals surface area contributed by atoms with E-state index in [2.05, 4.69) is 6.92 Å². The lowest BCUT2D eigenvalue weighted by Crippen LogP contribution is -2.37. The molecular weight excluding hydrogens is 256 g/mol. The summed E-state index contributed by atoms with van der Waals surface area (Å²) in [5.74, 6) is -0.773. The van der Waals surface area contributed by atoms with Crippen LogP contribution in [0, 0.1) is 5.92 Å². The Morgan fingerprint density at radius 2 is 2.20 bits per heavy atom. The number of carboxylic acids is 1. The highest BCUT2D eigenvalue weighted by Crippen LogP contribution is 2.35. The second-order valence-electron chi connectivity index (χ2n) is 6.10. The molecule has 0 radical (unpaired) electrons. The first-order valence-electron chi connectivity index (χ1n) is 7.76. The Kier molecular flexibility index (Phi) is 7.24. The third-order valence-electron chi connectivity index (χ3n) is 4.05. The molecule has 4 nitrogen and oxygen atoms in total. The highest BCUT2D eigenvalue weighted by Gasteiger charge is 2.35. The van der Waals surface area contributed by atoms with Gasteiger partial charge < -0.3 is 15.3 Å². The van der Waals surface area contributed by atoms with E-state index in [4.69, 9.17) is 5.11 Å². The minimum absolute atomic E-state index is 0.175. The lowest BCUT2D eigenvalue weighted by Gasteiger charge is -2.34. The van der Waals surface area contributed by atoms with Gasteiger partial charge in [-0.2, -0.15) is 0 Å². The van der Waals surface area contributed by atoms with Crippen molar-refractivity contribution in [2.75, 3.05) is 0 Å². The molecule has 0 saturated heterocycles. The monoisotopic (exact) mass is 284 g/mol. The van der Waals surface area contributed by atoms with Gasteiger partial charge in [-0.15, -0.1) is 0 Å². The number of allylic oxidation sites excluding steroid dienone is 1. The second kappa shape index (κ2) is 8.42. The summed E-state index contributed by atoms with van der Waals surface area (Å²) in [7, 11) is 0. The molecule has 1 aliphatic rings. The van der Waals surface area contributed by atoms with Gasteiger partial charge in [0.1, 0.15) is 0 Å². The largest absolute Gasteiger partial charge is 0.481 e. The summed E-state index contributed by atoms with van der Waals surface area (Å²) in [6, 6.07) is 0. The number of hydrogen-bond donors (Lipinski definition) is 3. The van der Waals surface area contributed by atoms with Crippen molar-refractivity contribution < 1.29 is 20.1 Å². The van der Waals surface area contributed by atoms with Gasteiger partial charge in [-0.1, -0.05) is 38.3 Å². The Labute approximate surface area is 121 Å². The molecule has 0 aliphatic heterocycles. The van der Waals surface area contributed by atoms with Crippen LogP contribution in [-0.4, -0.2) is 33.0 Å². The Hall–Kier alpha value is -0.870. The molecule has 0 heterocycles. The zero-order valence-corrected chi connectivity index (χ0v) is 12.4. The van der Waals surface area contributed by atoms with E-state index in [1.54, 1.807) is 0 Å².